The average molecular weight is 372 g/mol. The molecule has 0 fully saturated rings. The Morgan fingerprint density at radius 2 is 1.86 bits per heavy atom. The fourth-order valence-electron chi connectivity index (χ4n) is 2.05. The lowest BCUT2D eigenvalue weighted by atomic mass is 9.84. The summed E-state index contributed by atoms with van der Waals surface area (Å²) in [5, 5.41) is 10.3. The third kappa shape index (κ3) is 2.97. The zero-order valence-corrected chi connectivity index (χ0v) is 13.4. The third-order valence-corrected chi connectivity index (χ3v) is 4.06. The minimum atomic E-state index is -4.95. The molecular formula is C13H17BrF3NO3. The molecule has 2 atom stereocenters. The van der Waals surface area contributed by atoms with Gasteiger partial charge in [0.25, 0.3) is 0 Å². The first-order valence-corrected chi connectivity index (χ1v) is 6.90. The largest absolute Gasteiger partial charge is 0.495 e. The van der Waals surface area contributed by atoms with Crippen LogP contribution in [0.15, 0.2) is 16.6 Å². The summed E-state index contributed by atoms with van der Waals surface area (Å²) in [4.78, 5) is 0. The molecule has 0 radical (unpaired) electrons. The number of halogens is 4. The highest BCUT2D eigenvalue weighted by atomic mass is 79.9. The van der Waals surface area contributed by atoms with Gasteiger partial charge in [0.05, 0.1) is 14.2 Å². The first-order valence-electron chi connectivity index (χ1n) is 6.10. The van der Waals surface area contributed by atoms with E-state index in [0.717, 1.165) is 6.07 Å². The van der Waals surface area contributed by atoms with Crippen molar-refractivity contribution in [3.63, 3.8) is 0 Å². The molecule has 120 valence electrons. The molecule has 0 aromatic heterocycles. The molecule has 2 unspecified atom stereocenters. The van der Waals surface area contributed by atoms with Gasteiger partial charge in [-0.3, -0.25) is 0 Å². The summed E-state index contributed by atoms with van der Waals surface area (Å²) >= 11 is 3.11. The quantitative estimate of drug-likeness (QED) is 0.834. The van der Waals surface area contributed by atoms with Crippen LogP contribution in [0.5, 0.6) is 11.5 Å². The first-order chi connectivity index (χ1) is 9.64. The maximum Gasteiger partial charge on any atom is 0.423 e. The summed E-state index contributed by atoms with van der Waals surface area (Å²) in [5.74, 6) is 0.114. The van der Waals surface area contributed by atoms with Crippen LogP contribution < -0.4 is 15.2 Å². The number of nitrogens with two attached hydrogens (primary N) is 1. The lowest BCUT2D eigenvalue weighted by molar-refractivity contribution is -0.275. The van der Waals surface area contributed by atoms with E-state index in [-0.39, 0.29) is 22.4 Å². The van der Waals surface area contributed by atoms with Crippen molar-refractivity contribution in [1.82, 2.24) is 0 Å². The Morgan fingerprint density at radius 1 is 1.29 bits per heavy atom. The number of aliphatic hydroxyl groups is 1. The Bertz CT molecular complexity index is 510. The van der Waals surface area contributed by atoms with Crippen molar-refractivity contribution < 1.29 is 27.8 Å². The second-order valence-electron chi connectivity index (χ2n) is 4.44. The summed E-state index contributed by atoms with van der Waals surface area (Å²) in [7, 11) is 2.57. The van der Waals surface area contributed by atoms with E-state index in [2.05, 4.69) is 15.9 Å². The van der Waals surface area contributed by atoms with Crippen LogP contribution in [0.25, 0.3) is 0 Å². The summed E-state index contributed by atoms with van der Waals surface area (Å²) in [6.07, 6.45) is -5.02. The van der Waals surface area contributed by atoms with Crippen molar-refractivity contribution in [2.75, 3.05) is 14.2 Å². The molecule has 0 bridgehead atoms. The molecule has 0 saturated carbocycles. The van der Waals surface area contributed by atoms with Crippen LogP contribution in [0.3, 0.4) is 0 Å². The molecular weight excluding hydrogens is 355 g/mol. The number of benzene rings is 1. The molecule has 8 heteroatoms. The predicted octanol–water partition coefficient (Wildman–Crippen LogP) is 2.95. The molecule has 4 nitrogen and oxygen atoms in total. The second-order valence-corrected chi connectivity index (χ2v) is 5.23. The van der Waals surface area contributed by atoms with E-state index in [1.807, 2.05) is 0 Å². The van der Waals surface area contributed by atoms with Crippen LogP contribution in [0.1, 0.15) is 18.9 Å². The molecule has 0 heterocycles. The van der Waals surface area contributed by atoms with Gasteiger partial charge in [-0.2, -0.15) is 13.2 Å². The molecule has 0 aliphatic rings. The second kappa shape index (κ2) is 6.41. The standard InChI is InChI=1S/C13H17BrF3NO3/c1-4-9(18)12(19,13(15,16)17)7-5-6-8(20-2)10(14)11(7)21-3/h5-6,9,19H,4,18H2,1-3H3. The lowest BCUT2D eigenvalue weighted by Crippen LogP contribution is -2.55. The van der Waals surface area contributed by atoms with E-state index in [0.29, 0.717) is 0 Å². The van der Waals surface area contributed by atoms with E-state index in [9.17, 15) is 18.3 Å². The Labute approximate surface area is 129 Å². The van der Waals surface area contributed by atoms with E-state index in [1.165, 1.54) is 27.2 Å². The van der Waals surface area contributed by atoms with Gasteiger partial charge < -0.3 is 20.3 Å². The highest BCUT2D eigenvalue weighted by Crippen LogP contribution is 2.49. The molecule has 3 N–H and O–H groups in total. The molecule has 0 aliphatic heterocycles. The monoisotopic (exact) mass is 371 g/mol. The van der Waals surface area contributed by atoms with E-state index in [4.69, 9.17) is 15.2 Å². The number of ether oxygens (including phenoxy) is 2. The van der Waals surface area contributed by atoms with Crippen LogP contribution in [0.4, 0.5) is 13.2 Å². The van der Waals surface area contributed by atoms with Gasteiger partial charge in [-0.05, 0) is 34.5 Å². The van der Waals surface area contributed by atoms with Gasteiger partial charge in [-0.1, -0.05) is 6.92 Å². The molecule has 1 rings (SSSR count). The molecule has 0 amide bonds. The Morgan fingerprint density at radius 3 is 2.24 bits per heavy atom. The van der Waals surface area contributed by atoms with Crippen molar-refractivity contribution in [3.05, 3.63) is 22.2 Å². The van der Waals surface area contributed by atoms with Crippen LogP contribution in [0.2, 0.25) is 0 Å². The normalized spacial score (nSPS) is 16.2. The topological polar surface area (TPSA) is 64.7 Å². The number of rotatable bonds is 5. The maximum atomic E-state index is 13.4. The molecule has 1 aromatic carbocycles. The van der Waals surface area contributed by atoms with Gasteiger partial charge in [0, 0.05) is 11.6 Å². The number of methoxy groups -OCH3 is 2. The smallest absolute Gasteiger partial charge is 0.423 e. The van der Waals surface area contributed by atoms with Gasteiger partial charge >= 0.3 is 6.18 Å². The summed E-state index contributed by atoms with van der Waals surface area (Å²) in [6, 6.07) is 0.874. The van der Waals surface area contributed by atoms with E-state index >= 15 is 0 Å². The fourth-order valence-corrected chi connectivity index (χ4v) is 2.72. The first kappa shape index (κ1) is 18.1. The Kier molecular flexibility index (Phi) is 5.51. The number of alkyl halides is 3. The maximum absolute atomic E-state index is 13.4. The van der Waals surface area contributed by atoms with Crippen molar-refractivity contribution >= 4 is 15.9 Å². The van der Waals surface area contributed by atoms with E-state index in [1.54, 1.807) is 0 Å². The van der Waals surface area contributed by atoms with Crippen molar-refractivity contribution in [2.45, 2.75) is 31.2 Å². The molecule has 0 aliphatic carbocycles. The summed E-state index contributed by atoms with van der Waals surface area (Å²) in [6.45, 7) is 1.46. The average Bonchev–Trinajstić information content (AvgIpc) is 2.43. The predicted molar refractivity (Wildman–Crippen MR) is 75.5 cm³/mol. The highest BCUT2D eigenvalue weighted by molar-refractivity contribution is 9.10. The Hall–Kier alpha value is -0.990. The van der Waals surface area contributed by atoms with Crippen molar-refractivity contribution in [3.8, 4) is 11.5 Å². The SMILES string of the molecule is CCC(N)C(O)(c1ccc(OC)c(Br)c1OC)C(F)(F)F. The zero-order chi connectivity index (χ0) is 16.4. The third-order valence-electron chi connectivity index (χ3n) is 3.30. The minimum absolute atomic E-state index is 0.0667. The molecule has 1 aromatic rings. The van der Waals surface area contributed by atoms with Gasteiger partial charge in [0.1, 0.15) is 16.0 Å². The lowest BCUT2D eigenvalue weighted by Gasteiger charge is -2.36. The van der Waals surface area contributed by atoms with E-state index < -0.39 is 23.4 Å². The van der Waals surface area contributed by atoms with Crippen molar-refractivity contribution in [1.29, 1.82) is 0 Å². The molecule has 21 heavy (non-hydrogen) atoms. The Balaban J connectivity index is 3.64. The number of hydrogen-bond donors (Lipinski definition) is 2. The van der Waals surface area contributed by atoms with Crippen LogP contribution in [-0.4, -0.2) is 31.5 Å². The van der Waals surface area contributed by atoms with Gasteiger partial charge in [0.2, 0.25) is 5.60 Å². The van der Waals surface area contributed by atoms with Gasteiger partial charge in [-0.25, -0.2) is 0 Å². The molecule has 0 spiro atoms. The fraction of sp³-hybridized carbons (Fsp3) is 0.538. The minimum Gasteiger partial charge on any atom is -0.495 e. The number of hydrogen-bond acceptors (Lipinski definition) is 4. The summed E-state index contributed by atoms with van der Waals surface area (Å²) < 4.78 is 50.5. The van der Waals surface area contributed by atoms with Gasteiger partial charge in [0.15, 0.2) is 0 Å². The highest BCUT2D eigenvalue weighted by Gasteiger charge is 2.59. The van der Waals surface area contributed by atoms with Crippen LogP contribution >= 0.6 is 15.9 Å². The summed E-state index contributed by atoms with van der Waals surface area (Å²) in [5.41, 5.74) is 1.86. The van der Waals surface area contributed by atoms with Crippen LogP contribution in [0, 0.1) is 0 Å². The van der Waals surface area contributed by atoms with Crippen LogP contribution in [-0.2, 0) is 5.60 Å². The van der Waals surface area contributed by atoms with Gasteiger partial charge in [-0.15, -0.1) is 0 Å². The molecule has 0 saturated heterocycles. The zero-order valence-electron chi connectivity index (χ0n) is 11.8. The van der Waals surface area contributed by atoms with Crippen molar-refractivity contribution in [2.24, 2.45) is 5.73 Å².